The maximum atomic E-state index is 5.81. The minimum atomic E-state index is 0.389. The molecule has 1 fully saturated rings. The molecule has 100 valence electrons. The lowest BCUT2D eigenvalue weighted by atomic mass is 9.95. The van der Waals surface area contributed by atoms with Gasteiger partial charge < -0.3 is 10.1 Å². The number of anilines is 1. The predicted molar refractivity (Wildman–Crippen MR) is 80.1 cm³/mol. The van der Waals surface area contributed by atoms with Crippen molar-refractivity contribution in [1.29, 1.82) is 0 Å². The summed E-state index contributed by atoms with van der Waals surface area (Å²) in [5, 5.41) is 3.65. The number of aryl methyl sites for hydroxylation is 1. The molecule has 0 aliphatic carbocycles. The summed E-state index contributed by atoms with van der Waals surface area (Å²) in [4.78, 5) is 0. The van der Waals surface area contributed by atoms with Crippen LogP contribution in [0.2, 0.25) is 0 Å². The standard InChI is InChI=1S/C15H22BrNO/c1-10(2)15-9-12(6-7-18-15)17-14-8-11(3)4-5-13(14)16/h4-5,8,10,12,15,17H,6-7,9H2,1-3H3. The van der Waals surface area contributed by atoms with E-state index in [1.54, 1.807) is 0 Å². The quantitative estimate of drug-likeness (QED) is 0.894. The zero-order valence-corrected chi connectivity index (χ0v) is 13.0. The van der Waals surface area contributed by atoms with E-state index in [-0.39, 0.29) is 0 Å². The zero-order valence-electron chi connectivity index (χ0n) is 11.4. The number of nitrogens with one attached hydrogen (secondary N) is 1. The second kappa shape index (κ2) is 6.07. The Labute approximate surface area is 118 Å². The zero-order chi connectivity index (χ0) is 13.1. The lowest BCUT2D eigenvalue weighted by Gasteiger charge is -2.33. The van der Waals surface area contributed by atoms with Crippen molar-refractivity contribution in [3.63, 3.8) is 0 Å². The van der Waals surface area contributed by atoms with Crippen LogP contribution in [0.25, 0.3) is 0 Å². The molecule has 1 N–H and O–H groups in total. The summed E-state index contributed by atoms with van der Waals surface area (Å²) in [5.74, 6) is 0.593. The van der Waals surface area contributed by atoms with E-state index < -0.39 is 0 Å². The number of rotatable bonds is 3. The van der Waals surface area contributed by atoms with E-state index in [4.69, 9.17) is 4.74 Å². The molecule has 1 aromatic carbocycles. The lowest BCUT2D eigenvalue weighted by Crippen LogP contribution is -2.36. The first kappa shape index (κ1) is 13.9. The normalized spacial score (nSPS) is 24.3. The molecule has 0 saturated carbocycles. The highest BCUT2D eigenvalue weighted by atomic mass is 79.9. The SMILES string of the molecule is Cc1ccc(Br)c(NC2CCOC(C(C)C)C2)c1. The molecule has 1 aliphatic heterocycles. The number of ether oxygens (including phenoxy) is 1. The fraction of sp³-hybridized carbons (Fsp3) is 0.600. The fourth-order valence-corrected chi connectivity index (χ4v) is 2.75. The maximum Gasteiger partial charge on any atom is 0.0617 e. The van der Waals surface area contributed by atoms with Crippen molar-refractivity contribution < 1.29 is 4.74 Å². The topological polar surface area (TPSA) is 21.3 Å². The molecule has 0 amide bonds. The summed E-state index contributed by atoms with van der Waals surface area (Å²) in [6.07, 6.45) is 2.57. The molecule has 2 unspecified atom stereocenters. The van der Waals surface area contributed by atoms with Crippen LogP contribution in [0.4, 0.5) is 5.69 Å². The van der Waals surface area contributed by atoms with Crippen LogP contribution in [0.5, 0.6) is 0 Å². The molecule has 0 radical (unpaired) electrons. The van der Waals surface area contributed by atoms with Gasteiger partial charge in [0.25, 0.3) is 0 Å². The number of hydrogen-bond acceptors (Lipinski definition) is 2. The van der Waals surface area contributed by atoms with E-state index in [0.717, 1.165) is 23.9 Å². The summed E-state index contributed by atoms with van der Waals surface area (Å²) in [5.41, 5.74) is 2.48. The number of halogens is 1. The Bertz CT molecular complexity index is 405. The molecule has 2 rings (SSSR count). The minimum absolute atomic E-state index is 0.389. The van der Waals surface area contributed by atoms with Gasteiger partial charge in [-0.25, -0.2) is 0 Å². The number of benzene rings is 1. The first-order valence-electron chi connectivity index (χ1n) is 6.70. The highest BCUT2D eigenvalue weighted by Gasteiger charge is 2.25. The van der Waals surface area contributed by atoms with Crippen molar-refractivity contribution in [2.75, 3.05) is 11.9 Å². The molecule has 1 aromatic rings. The van der Waals surface area contributed by atoms with Crippen LogP contribution >= 0.6 is 15.9 Å². The highest BCUT2D eigenvalue weighted by molar-refractivity contribution is 9.10. The van der Waals surface area contributed by atoms with Crippen LogP contribution in [0.15, 0.2) is 22.7 Å². The van der Waals surface area contributed by atoms with Gasteiger partial charge in [-0.2, -0.15) is 0 Å². The Hall–Kier alpha value is -0.540. The third-order valence-electron chi connectivity index (χ3n) is 3.54. The largest absolute Gasteiger partial charge is 0.381 e. The average molecular weight is 312 g/mol. The van der Waals surface area contributed by atoms with Crippen molar-refractivity contribution in [1.82, 2.24) is 0 Å². The molecular weight excluding hydrogens is 290 g/mol. The van der Waals surface area contributed by atoms with E-state index in [1.165, 1.54) is 11.3 Å². The van der Waals surface area contributed by atoms with Gasteiger partial charge >= 0.3 is 0 Å². The summed E-state index contributed by atoms with van der Waals surface area (Å²) < 4.78 is 6.95. The molecule has 1 aliphatic rings. The van der Waals surface area contributed by atoms with Gasteiger partial charge in [0.15, 0.2) is 0 Å². The van der Waals surface area contributed by atoms with E-state index in [0.29, 0.717) is 18.1 Å². The monoisotopic (exact) mass is 311 g/mol. The van der Waals surface area contributed by atoms with Crippen molar-refractivity contribution in [3.05, 3.63) is 28.2 Å². The van der Waals surface area contributed by atoms with E-state index in [2.05, 4.69) is 60.2 Å². The van der Waals surface area contributed by atoms with Gasteiger partial charge in [-0.3, -0.25) is 0 Å². The summed E-state index contributed by atoms with van der Waals surface area (Å²) >= 11 is 3.61. The van der Waals surface area contributed by atoms with Crippen molar-refractivity contribution in [2.45, 2.75) is 45.8 Å². The first-order valence-corrected chi connectivity index (χ1v) is 7.50. The summed E-state index contributed by atoms with van der Waals surface area (Å²) in [6.45, 7) is 7.45. The van der Waals surface area contributed by atoms with E-state index in [1.807, 2.05) is 0 Å². The smallest absolute Gasteiger partial charge is 0.0617 e. The third kappa shape index (κ3) is 3.48. The van der Waals surface area contributed by atoms with Crippen molar-refractivity contribution in [3.8, 4) is 0 Å². The highest BCUT2D eigenvalue weighted by Crippen LogP contribution is 2.28. The van der Waals surface area contributed by atoms with E-state index >= 15 is 0 Å². The van der Waals surface area contributed by atoms with Gasteiger partial charge in [-0.1, -0.05) is 19.9 Å². The molecular formula is C15H22BrNO. The van der Waals surface area contributed by atoms with Crippen LogP contribution in [-0.4, -0.2) is 18.8 Å². The van der Waals surface area contributed by atoms with Gasteiger partial charge in [-0.15, -0.1) is 0 Å². The molecule has 1 saturated heterocycles. The summed E-state index contributed by atoms with van der Waals surface area (Å²) in [6, 6.07) is 6.95. The maximum absolute atomic E-state index is 5.81. The first-order chi connectivity index (χ1) is 8.56. The Morgan fingerprint density at radius 2 is 2.17 bits per heavy atom. The lowest BCUT2D eigenvalue weighted by molar-refractivity contribution is -0.0160. The molecule has 2 nitrogen and oxygen atoms in total. The molecule has 0 aromatic heterocycles. The third-order valence-corrected chi connectivity index (χ3v) is 4.23. The average Bonchev–Trinajstić information content (AvgIpc) is 2.34. The van der Waals surface area contributed by atoms with Crippen LogP contribution in [0.3, 0.4) is 0 Å². The van der Waals surface area contributed by atoms with Crippen LogP contribution in [0, 0.1) is 12.8 Å². The fourth-order valence-electron chi connectivity index (χ4n) is 2.39. The predicted octanol–water partition coefficient (Wildman–Crippen LogP) is 4.37. The molecule has 1 heterocycles. The van der Waals surface area contributed by atoms with Gasteiger partial charge in [0.2, 0.25) is 0 Å². The summed E-state index contributed by atoms with van der Waals surface area (Å²) in [7, 11) is 0. The van der Waals surface area contributed by atoms with Crippen LogP contribution in [0.1, 0.15) is 32.3 Å². The van der Waals surface area contributed by atoms with E-state index in [9.17, 15) is 0 Å². The molecule has 0 bridgehead atoms. The second-order valence-electron chi connectivity index (χ2n) is 5.50. The molecule has 0 spiro atoms. The van der Waals surface area contributed by atoms with Gasteiger partial charge in [0.05, 0.1) is 6.10 Å². The van der Waals surface area contributed by atoms with Crippen molar-refractivity contribution in [2.24, 2.45) is 5.92 Å². The Kier molecular flexibility index (Phi) is 4.68. The second-order valence-corrected chi connectivity index (χ2v) is 6.36. The molecule has 3 heteroatoms. The molecule has 2 atom stereocenters. The van der Waals surface area contributed by atoms with Crippen molar-refractivity contribution >= 4 is 21.6 Å². The minimum Gasteiger partial charge on any atom is -0.381 e. The van der Waals surface area contributed by atoms with Gasteiger partial charge in [-0.05, 0) is 59.3 Å². The molecule has 18 heavy (non-hydrogen) atoms. The Morgan fingerprint density at radius 3 is 2.89 bits per heavy atom. The van der Waals surface area contributed by atoms with Gasteiger partial charge in [0.1, 0.15) is 0 Å². The van der Waals surface area contributed by atoms with Gasteiger partial charge in [0, 0.05) is 22.8 Å². The Balaban J connectivity index is 2.02. The Morgan fingerprint density at radius 1 is 1.39 bits per heavy atom. The van der Waals surface area contributed by atoms with Crippen LogP contribution < -0.4 is 5.32 Å². The number of hydrogen-bond donors (Lipinski definition) is 1. The van der Waals surface area contributed by atoms with Crippen LogP contribution in [-0.2, 0) is 4.74 Å².